The maximum Gasteiger partial charge on any atom is 0.328 e. The van der Waals surface area contributed by atoms with E-state index in [1.54, 1.807) is 18.2 Å². The molecule has 94 valence electrons. The highest BCUT2D eigenvalue weighted by molar-refractivity contribution is 9.10. The normalized spacial score (nSPS) is 15.8. The van der Waals surface area contributed by atoms with Crippen LogP contribution in [0.25, 0.3) is 10.9 Å². The minimum atomic E-state index is -0.332. The summed E-state index contributed by atoms with van der Waals surface area (Å²) in [5, 5.41) is 3.67. The van der Waals surface area contributed by atoms with Gasteiger partial charge in [-0.3, -0.25) is 9.36 Å². The Bertz CT molecular complexity index is 715. The van der Waals surface area contributed by atoms with Gasteiger partial charge in [-0.25, -0.2) is 4.79 Å². The quantitative estimate of drug-likeness (QED) is 0.857. The Morgan fingerprint density at radius 1 is 1.33 bits per heavy atom. The fourth-order valence-electron chi connectivity index (χ4n) is 2.12. The maximum absolute atomic E-state index is 12.3. The zero-order valence-corrected chi connectivity index (χ0v) is 11.2. The van der Waals surface area contributed by atoms with E-state index in [0.717, 1.165) is 17.6 Å². The molecule has 1 fully saturated rings. The van der Waals surface area contributed by atoms with Crippen LogP contribution in [0, 0.1) is 5.92 Å². The van der Waals surface area contributed by atoms with Crippen molar-refractivity contribution in [1.29, 1.82) is 0 Å². The number of H-pyrrole nitrogens is 1. The summed E-state index contributed by atoms with van der Waals surface area (Å²) in [6.45, 7) is 2.20. The van der Waals surface area contributed by atoms with Gasteiger partial charge >= 0.3 is 5.69 Å². The van der Waals surface area contributed by atoms with Crippen LogP contribution in [0.4, 0.5) is 0 Å². The Morgan fingerprint density at radius 2 is 2.11 bits per heavy atom. The van der Waals surface area contributed by atoms with Crippen LogP contribution >= 0.6 is 15.9 Å². The molecule has 0 atom stereocenters. The molecule has 2 N–H and O–H groups in total. The number of rotatable bonds is 2. The number of fused-ring (bicyclic) bond motifs is 1. The Kier molecular flexibility index (Phi) is 2.83. The van der Waals surface area contributed by atoms with Gasteiger partial charge in [0, 0.05) is 30.0 Å². The van der Waals surface area contributed by atoms with E-state index in [4.69, 9.17) is 0 Å². The first-order valence-corrected chi connectivity index (χ1v) is 6.57. The monoisotopic (exact) mass is 309 g/mol. The molecule has 1 aromatic heterocycles. The van der Waals surface area contributed by atoms with E-state index < -0.39 is 0 Å². The molecular formula is C12H12BrN3O2. The van der Waals surface area contributed by atoms with Gasteiger partial charge in [-0.1, -0.05) is 15.9 Å². The number of hydrogen-bond acceptors (Lipinski definition) is 3. The summed E-state index contributed by atoms with van der Waals surface area (Å²) in [5.41, 5.74) is 0.0276. The molecule has 1 aliphatic rings. The lowest BCUT2D eigenvalue weighted by Crippen LogP contribution is -2.48. The molecule has 0 radical (unpaired) electrons. The highest BCUT2D eigenvalue weighted by atomic mass is 79.9. The Labute approximate surface area is 111 Å². The predicted molar refractivity (Wildman–Crippen MR) is 72.9 cm³/mol. The van der Waals surface area contributed by atoms with Gasteiger partial charge in [0.25, 0.3) is 5.56 Å². The van der Waals surface area contributed by atoms with E-state index in [-0.39, 0.29) is 11.2 Å². The summed E-state index contributed by atoms with van der Waals surface area (Å²) >= 11 is 3.34. The van der Waals surface area contributed by atoms with Gasteiger partial charge in [-0.05, 0) is 18.2 Å². The molecule has 5 nitrogen and oxygen atoms in total. The van der Waals surface area contributed by atoms with E-state index in [9.17, 15) is 9.59 Å². The molecule has 0 spiro atoms. The number of aromatic nitrogens is 2. The summed E-state index contributed by atoms with van der Waals surface area (Å²) in [7, 11) is 0. The first-order chi connectivity index (χ1) is 8.65. The molecule has 0 saturated carbocycles. The van der Waals surface area contributed by atoms with Crippen molar-refractivity contribution >= 4 is 26.8 Å². The predicted octanol–water partition coefficient (Wildman–Crippen LogP) is 0.672. The molecule has 1 aromatic carbocycles. The van der Waals surface area contributed by atoms with Gasteiger partial charge in [0.2, 0.25) is 0 Å². The highest BCUT2D eigenvalue weighted by Gasteiger charge is 2.19. The SMILES string of the molecule is O=c1[nH]c2ccc(Br)cc2c(=O)n1CC1CNC1. The summed E-state index contributed by atoms with van der Waals surface area (Å²) in [4.78, 5) is 26.9. The third-order valence-corrected chi connectivity index (χ3v) is 3.74. The zero-order chi connectivity index (χ0) is 12.7. The zero-order valence-electron chi connectivity index (χ0n) is 9.57. The Morgan fingerprint density at radius 3 is 2.78 bits per heavy atom. The van der Waals surface area contributed by atoms with Gasteiger partial charge in [-0.15, -0.1) is 0 Å². The lowest BCUT2D eigenvalue weighted by Gasteiger charge is -2.27. The first kappa shape index (κ1) is 11.7. The molecule has 2 aromatic rings. The molecule has 18 heavy (non-hydrogen) atoms. The molecule has 6 heteroatoms. The number of nitrogens with zero attached hydrogens (tertiary/aromatic N) is 1. The second-order valence-corrected chi connectivity index (χ2v) is 5.48. The van der Waals surface area contributed by atoms with E-state index in [1.807, 2.05) is 0 Å². The van der Waals surface area contributed by atoms with Crippen LogP contribution in [0.1, 0.15) is 0 Å². The van der Waals surface area contributed by atoms with Gasteiger partial charge in [0.15, 0.2) is 0 Å². The number of hydrogen-bond donors (Lipinski definition) is 2. The maximum atomic E-state index is 12.3. The fourth-order valence-corrected chi connectivity index (χ4v) is 2.49. The number of nitrogens with one attached hydrogen (secondary N) is 2. The van der Waals surface area contributed by atoms with Crippen molar-refractivity contribution in [2.24, 2.45) is 5.92 Å². The number of benzene rings is 1. The highest BCUT2D eigenvalue weighted by Crippen LogP contribution is 2.14. The van der Waals surface area contributed by atoms with Gasteiger partial charge in [0.05, 0.1) is 10.9 Å². The van der Waals surface area contributed by atoms with Crippen LogP contribution < -0.4 is 16.6 Å². The lowest BCUT2D eigenvalue weighted by atomic mass is 10.0. The topological polar surface area (TPSA) is 66.9 Å². The van der Waals surface area contributed by atoms with Crippen LogP contribution in [0.5, 0.6) is 0 Å². The van der Waals surface area contributed by atoms with E-state index in [2.05, 4.69) is 26.2 Å². The smallest absolute Gasteiger partial charge is 0.316 e. The molecule has 0 unspecified atom stereocenters. The molecular weight excluding hydrogens is 298 g/mol. The summed E-state index contributed by atoms with van der Waals surface area (Å²) in [5.74, 6) is 0.369. The first-order valence-electron chi connectivity index (χ1n) is 5.78. The van der Waals surface area contributed by atoms with Crippen molar-refractivity contribution in [3.8, 4) is 0 Å². The molecule has 0 amide bonds. The largest absolute Gasteiger partial charge is 0.328 e. The van der Waals surface area contributed by atoms with Crippen LogP contribution in [0.2, 0.25) is 0 Å². The van der Waals surface area contributed by atoms with Crippen molar-refractivity contribution in [1.82, 2.24) is 14.9 Å². The Hall–Kier alpha value is -1.40. The molecule has 0 bridgehead atoms. The van der Waals surface area contributed by atoms with Crippen LogP contribution in [-0.4, -0.2) is 22.6 Å². The second kappa shape index (κ2) is 4.37. The third kappa shape index (κ3) is 1.91. The third-order valence-electron chi connectivity index (χ3n) is 3.25. The Balaban J connectivity index is 2.18. The average Bonchev–Trinajstić information content (AvgIpc) is 2.28. The number of halogens is 1. The summed E-state index contributed by atoms with van der Waals surface area (Å²) in [6, 6.07) is 5.28. The lowest BCUT2D eigenvalue weighted by molar-refractivity contribution is 0.299. The average molecular weight is 310 g/mol. The number of aromatic amines is 1. The van der Waals surface area contributed by atoms with Crippen LogP contribution in [-0.2, 0) is 6.54 Å². The van der Waals surface area contributed by atoms with E-state index in [0.29, 0.717) is 23.4 Å². The molecule has 0 aliphatic carbocycles. The van der Waals surface area contributed by atoms with Crippen molar-refractivity contribution in [3.63, 3.8) is 0 Å². The van der Waals surface area contributed by atoms with Crippen molar-refractivity contribution < 1.29 is 0 Å². The van der Waals surface area contributed by atoms with E-state index >= 15 is 0 Å². The molecule has 3 rings (SSSR count). The molecule has 2 heterocycles. The van der Waals surface area contributed by atoms with E-state index in [1.165, 1.54) is 4.57 Å². The van der Waals surface area contributed by atoms with Crippen molar-refractivity contribution in [3.05, 3.63) is 43.5 Å². The second-order valence-electron chi connectivity index (χ2n) is 4.56. The van der Waals surface area contributed by atoms with Crippen molar-refractivity contribution in [2.45, 2.75) is 6.54 Å². The summed E-state index contributed by atoms with van der Waals surface area (Å²) < 4.78 is 2.12. The minimum absolute atomic E-state index is 0.220. The van der Waals surface area contributed by atoms with Crippen molar-refractivity contribution in [2.75, 3.05) is 13.1 Å². The molecule has 1 saturated heterocycles. The van der Waals surface area contributed by atoms with Crippen LogP contribution in [0.15, 0.2) is 32.3 Å². The van der Waals surface area contributed by atoms with Crippen LogP contribution in [0.3, 0.4) is 0 Å². The van der Waals surface area contributed by atoms with Gasteiger partial charge in [0.1, 0.15) is 0 Å². The molecule has 1 aliphatic heterocycles. The van der Waals surface area contributed by atoms with Gasteiger partial charge in [-0.2, -0.15) is 0 Å². The minimum Gasteiger partial charge on any atom is -0.316 e. The van der Waals surface area contributed by atoms with Gasteiger partial charge < -0.3 is 10.3 Å². The summed E-state index contributed by atoms with van der Waals surface area (Å²) in [6.07, 6.45) is 0. The standard InChI is InChI=1S/C12H12BrN3O2/c13-8-1-2-10-9(3-8)11(17)16(12(18)15-10)6-7-4-14-5-7/h1-3,7,14H,4-6H2,(H,15,18). The fraction of sp³-hybridized carbons (Fsp3) is 0.333.